The van der Waals surface area contributed by atoms with E-state index in [0.29, 0.717) is 23.5 Å². The van der Waals surface area contributed by atoms with Gasteiger partial charge in [0.15, 0.2) is 6.61 Å². The summed E-state index contributed by atoms with van der Waals surface area (Å²) in [6, 6.07) is 14.1. The van der Waals surface area contributed by atoms with Crippen molar-refractivity contribution < 1.29 is 14.3 Å². The lowest BCUT2D eigenvalue weighted by atomic mass is 10.1. The number of rotatable bonds is 7. The second-order valence-electron chi connectivity index (χ2n) is 5.73. The molecule has 0 atom stereocenters. The number of nitrogens with zero attached hydrogens (tertiary/aromatic N) is 1. The molecular formula is C21H21N3O3. The summed E-state index contributed by atoms with van der Waals surface area (Å²) < 4.78 is 5.18. The van der Waals surface area contributed by atoms with Gasteiger partial charge in [0.1, 0.15) is 11.8 Å². The molecule has 27 heavy (non-hydrogen) atoms. The SMILES string of the molecule is CCNC(=O)c1ccc(C)c(NC(=O)/C=C/c2ccc(OCC#N)cc2)c1. The molecule has 0 bridgehead atoms. The minimum Gasteiger partial charge on any atom is -0.479 e. The Hall–Kier alpha value is -3.59. The Kier molecular flexibility index (Phi) is 7.15. The van der Waals surface area contributed by atoms with Gasteiger partial charge in [0.25, 0.3) is 5.91 Å². The van der Waals surface area contributed by atoms with Crippen molar-refractivity contribution in [3.63, 3.8) is 0 Å². The van der Waals surface area contributed by atoms with Crippen LogP contribution in [0, 0.1) is 18.3 Å². The number of carbonyl (C=O) groups is 2. The van der Waals surface area contributed by atoms with Gasteiger partial charge in [-0.05, 0) is 55.3 Å². The quantitative estimate of drug-likeness (QED) is 0.739. The molecular weight excluding hydrogens is 342 g/mol. The minimum atomic E-state index is -0.295. The molecule has 138 valence electrons. The highest BCUT2D eigenvalue weighted by Crippen LogP contribution is 2.17. The molecule has 0 aliphatic carbocycles. The van der Waals surface area contributed by atoms with Crippen LogP contribution in [-0.2, 0) is 4.79 Å². The van der Waals surface area contributed by atoms with E-state index in [2.05, 4.69) is 10.6 Å². The topological polar surface area (TPSA) is 91.2 Å². The van der Waals surface area contributed by atoms with E-state index in [1.165, 1.54) is 6.08 Å². The van der Waals surface area contributed by atoms with Gasteiger partial charge in [0.05, 0.1) is 0 Å². The minimum absolute atomic E-state index is 0.00765. The Labute approximate surface area is 158 Å². The predicted octanol–water partition coefficient (Wildman–Crippen LogP) is 3.30. The van der Waals surface area contributed by atoms with Crippen LogP contribution in [0.15, 0.2) is 48.5 Å². The van der Waals surface area contributed by atoms with Gasteiger partial charge in [0, 0.05) is 23.9 Å². The van der Waals surface area contributed by atoms with Crippen molar-refractivity contribution in [2.45, 2.75) is 13.8 Å². The number of hydrogen-bond acceptors (Lipinski definition) is 4. The number of nitriles is 1. The molecule has 0 radical (unpaired) electrons. The van der Waals surface area contributed by atoms with Crippen LogP contribution in [0.4, 0.5) is 5.69 Å². The molecule has 2 aromatic rings. The molecule has 6 heteroatoms. The second-order valence-corrected chi connectivity index (χ2v) is 5.73. The van der Waals surface area contributed by atoms with Gasteiger partial charge in [0.2, 0.25) is 5.91 Å². The van der Waals surface area contributed by atoms with E-state index in [1.54, 1.807) is 48.5 Å². The smallest absolute Gasteiger partial charge is 0.251 e. The van der Waals surface area contributed by atoms with E-state index < -0.39 is 0 Å². The van der Waals surface area contributed by atoms with Crippen molar-refractivity contribution >= 4 is 23.6 Å². The lowest BCUT2D eigenvalue weighted by Crippen LogP contribution is -2.23. The molecule has 6 nitrogen and oxygen atoms in total. The first-order valence-electron chi connectivity index (χ1n) is 8.51. The van der Waals surface area contributed by atoms with Crippen molar-refractivity contribution in [2.75, 3.05) is 18.5 Å². The van der Waals surface area contributed by atoms with Gasteiger partial charge < -0.3 is 15.4 Å². The first kappa shape index (κ1) is 19.7. The Morgan fingerprint density at radius 1 is 1.19 bits per heavy atom. The first-order valence-corrected chi connectivity index (χ1v) is 8.51. The zero-order valence-corrected chi connectivity index (χ0v) is 15.3. The first-order chi connectivity index (χ1) is 13.0. The zero-order chi connectivity index (χ0) is 19.6. The third-order valence-corrected chi connectivity index (χ3v) is 3.71. The lowest BCUT2D eigenvalue weighted by Gasteiger charge is -2.09. The van der Waals surface area contributed by atoms with Gasteiger partial charge in [-0.3, -0.25) is 9.59 Å². The van der Waals surface area contributed by atoms with Crippen LogP contribution in [-0.4, -0.2) is 25.0 Å². The molecule has 2 N–H and O–H groups in total. The van der Waals surface area contributed by atoms with Crippen LogP contribution in [0.1, 0.15) is 28.4 Å². The van der Waals surface area contributed by atoms with E-state index in [1.807, 2.05) is 19.9 Å². The van der Waals surface area contributed by atoms with Gasteiger partial charge in [-0.1, -0.05) is 18.2 Å². The van der Waals surface area contributed by atoms with E-state index in [9.17, 15) is 9.59 Å². The molecule has 0 aromatic heterocycles. The monoisotopic (exact) mass is 363 g/mol. The molecule has 0 saturated heterocycles. The maximum atomic E-state index is 12.2. The highest BCUT2D eigenvalue weighted by atomic mass is 16.5. The summed E-state index contributed by atoms with van der Waals surface area (Å²) in [5, 5.41) is 14.0. The van der Waals surface area contributed by atoms with Gasteiger partial charge in [-0.15, -0.1) is 0 Å². The molecule has 0 saturated carbocycles. The highest BCUT2D eigenvalue weighted by molar-refractivity contribution is 6.03. The third kappa shape index (κ3) is 6.01. The van der Waals surface area contributed by atoms with Crippen molar-refractivity contribution in [1.82, 2.24) is 5.32 Å². The van der Waals surface area contributed by atoms with Crippen LogP contribution < -0.4 is 15.4 Å². The molecule has 2 aromatic carbocycles. The highest BCUT2D eigenvalue weighted by Gasteiger charge is 2.08. The fourth-order valence-electron chi connectivity index (χ4n) is 2.30. The molecule has 0 aliphatic rings. The summed E-state index contributed by atoms with van der Waals surface area (Å²) in [6.45, 7) is 4.24. The number of hydrogen-bond donors (Lipinski definition) is 2. The summed E-state index contributed by atoms with van der Waals surface area (Å²) in [5.74, 6) is 0.120. The van der Waals surface area contributed by atoms with Crippen molar-refractivity contribution in [1.29, 1.82) is 5.26 Å². The second kappa shape index (κ2) is 9.78. The third-order valence-electron chi connectivity index (χ3n) is 3.71. The van der Waals surface area contributed by atoms with Crippen LogP contribution in [0.3, 0.4) is 0 Å². The average molecular weight is 363 g/mol. The molecule has 2 rings (SSSR count). The van der Waals surface area contributed by atoms with Crippen LogP contribution in [0.25, 0.3) is 6.08 Å². The Balaban J connectivity index is 2.02. The number of amides is 2. The van der Waals surface area contributed by atoms with Crippen LogP contribution in [0.5, 0.6) is 5.75 Å². The standard InChI is InChI=1S/C21H21N3O3/c1-3-23-21(26)17-8-4-15(2)19(14-17)24-20(25)11-7-16-5-9-18(10-6-16)27-13-12-22/h4-11,14H,3,13H2,1-2H3,(H,23,26)(H,24,25)/b11-7+. The number of aryl methyl sites for hydroxylation is 1. The molecule has 0 fully saturated rings. The summed E-state index contributed by atoms with van der Waals surface area (Å²) in [5.41, 5.74) is 2.77. The molecule has 0 aliphatic heterocycles. The fourth-order valence-corrected chi connectivity index (χ4v) is 2.30. The number of ether oxygens (including phenoxy) is 1. The van der Waals surface area contributed by atoms with Gasteiger partial charge in [-0.25, -0.2) is 0 Å². The summed E-state index contributed by atoms with van der Waals surface area (Å²) in [6.07, 6.45) is 3.09. The summed E-state index contributed by atoms with van der Waals surface area (Å²) in [7, 11) is 0. The van der Waals surface area contributed by atoms with E-state index in [4.69, 9.17) is 10.00 Å². The van der Waals surface area contributed by atoms with Crippen LogP contribution >= 0.6 is 0 Å². The number of nitrogens with one attached hydrogen (secondary N) is 2. The Morgan fingerprint density at radius 2 is 1.93 bits per heavy atom. The summed E-state index contributed by atoms with van der Waals surface area (Å²) >= 11 is 0. The Morgan fingerprint density at radius 3 is 2.59 bits per heavy atom. The van der Waals surface area contributed by atoms with E-state index in [-0.39, 0.29) is 18.4 Å². The van der Waals surface area contributed by atoms with Crippen molar-refractivity contribution in [2.24, 2.45) is 0 Å². The van der Waals surface area contributed by atoms with Crippen LogP contribution in [0.2, 0.25) is 0 Å². The average Bonchev–Trinajstić information content (AvgIpc) is 2.67. The molecule has 2 amide bonds. The number of benzene rings is 2. The summed E-state index contributed by atoms with van der Waals surface area (Å²) in [4.78, 5) is 24.1. The van der Waals surface area contributed by atoms with Crippen molar-refractivity contribution in [3.8, 4) is 11.8 Å². The number of anilines is 1. The van der Waals surface area contributed by atoms with Gasteiger partial charge >= 0.3 is 0 Å². The largest absolute Gasteiger partial charge is 0.479 e. The maximum absolute atomic E-state index is 12.2. The normalized spacial score (nSPS) is 10.3. The number of carbonyl (C=O) groups excluding carboxylic acids is 2. The lowest BCUT2D eigenvalue weighted by molar-refractivity contribution is -0.111. The Bertz CT molecular complexity index is 881. The van der Waals surface area contributed by atoms with E-state index >= 15 is 0 Å². The fraction of sp³-hybridized carbons (Fsp3) is 0.190. The van der Waals surface area contributed by atoms with Crippen molar-refractivity contribution in [3.05, 3.63) is 65.2 Å². The molecule has 0 spiro atoms. The van der Waals surface area contributed by atoms with E-state index in [0.717, 1.165) is 11.1 Å². The molecule has 0 unspecified atom stereocenters. The van der Waals surface area contributed by atoms with Gasteiger partial charge in [-0.2, -0.15) is 5.26 Å². The zero-order valence-electron chi connectivity index (χ0n) is 15.3. The predicted molar refractivity (Wildman–Crippen MR) is 104 cm³/mol. The maximum Gasteiger partial charge on any atom is 0.251 e. The molecule has 0 heterocycles.